The smallest absolute Gasteiger partial charge is 0.252 e. The van der Waals surface area contributed by atoms with E-state index in [1.54, 1.807) is 33.2 Å². The van der Waals surface area contributed by atoms with Crippen molar-refractivity contribution in [2.24, 2.45) is 5.92 Å². The topological polar surface area (TPSA) is 71.1 Å². The van der Waals surface area contributed by atoms with E-state index in [1.807, 2.05) is 42.5 Å². The molecule has 2 aliphatic rings. The van der Waals surface area contributed by atoms with Crippen molar-refractivity contribution < 1.29 is 19.1 Å². The van der Waals surface area contributed by atoms with Gasteiger partial charge in [0.05, 0.1) is 25.7 Å². The van der Waals surface area contributed by atoms with Crippen LogP contribution in [0.3, 0.4) is 0 Å². The number of methoxy groups -OCH3 is 2. The summed E-state index contributed by atoms with van der Waals surface area (Å²) in [6.45, 7) is 1.80. The molecule has 7 nitrogen and oxygen atoms in total. The van der Waals surface area contributed by atoms with Crippen LogP contribution in [0.2, 0.25) is 0 Å². The Labute approximate surface area is 189 Å². The maximum absolute atomic E-state index is 13.2. The SMILES string of the molecule is COc1ccc(CN2C[C@H](C(=O)N(C)C)[C@]3(CCc4ccccc4C(=O)N3)C2)c(OC)c1. The molecule has 2 aromatic carbocycles. The predicted molar refractivity (Wildman–Crippen MR) is 122 cm³/mol. The highest BCUT2D eigenvalue weighted by Crippen LogP contribution is 2.37. The van der Waals surface area contributed by atoms with Crippen molar-refractivity contribution in [1.29, 1.82) is 0 Å². The number of benzene rings is 2. The van der Waals surface area contributed by atoms with Crippen molar-refractivity contribution in [1.82, 2.24) is 15.1 Å². The number of carbonyl (C=O) groups excluding carboxylic acids is 2. The van der Waals surface area contributed by atoms with Crippen LogP contribution >= 0.6 is 0 Å². The second-order valence-electron chi connectivity index (χ2n) is 8.90. The van der Waals surface area contributed by atoms with Gasteiger partial charge >= 0.3 is 0 Å². The highest BCUT2D eigenvalue weighted by molar-refractivity contribution is 5.97. The fraction of sp³-hybridized carbons (Fsp3) is 0.440. The molecule has 170 valence electrons. The van der Waals surface area contributed by atoms with Crippen molar-refractivity contribution in [3.63, 3.8) is 0 Å². The Bertz CT molecular complexity index is 1020. The molecule has 32 heavy (non-hydrogen) atoms. The molecule has 1 spiro atoms. The fourth-order valence-electron chi connectivity index (χ4n) is 5.03. The molecular weight excluding hydrogens is 406 g/mol. The molecule has 2 amide bonds. The van der Waals surface area contributed by atoms with Gasteiger partial charge in [-0.1, -0.05) is 24.3 Å². The Morgan fingerprint density at radius 2 is 1.97 bits per heavy atom. The summed E-state index contributed by atoms with van der Waals surface area (Å²) < 4.78 is 10.9. The van der Waals surface area contributed by atoms with E-state index in [0.29, 0.717) is 25.2 Å². The van der Waals surface area contributed by atoms with Crippen LogP contribution in [0.5, 0.6) is 11.5 Å². The maximum Gasteiger partial charge on any atom is 0.252 e. The van der Waals surface area contributed by atoms with Gasteiger partial charge in [0.15, 0.2) is 0 Å². The average Bonchev–Trinajstić information content (AvgIpc) is 3.07. The Kier molecular flexibility index (Phi) is 6.11. The maximum atomic E-state index is 13.2. The third-order valence-electron chi connectivity index (χ3n) is 6.71. The largest absolute Gasteiger partial charge is 0.497 e. The Balaban J connectivity index is 1.64. The number of hydrogen-bond donors (Lipinski definition) is 1. The zero-order valence-electron chi connectivity index (χ0n) is 19.2. The van der Waals surface area contributed by atoms with Crippen molar-refractivity contribution in [2.75, 3.05) is 41.4 Å². The number of ether oxygens (including phenoxy) is 2. The van der Waals surface area contributed by atoms with Crippen LogP contribution < -0.4 is 14.8 Å². The summed E-state index contributed by atoms with van der Waals surface area (Å²) >= 11 is 0. The molecule has 1 fully saturated rings. The highest BCUT2D eigenvalue weighted by Gasteiger charge is 2.52. The minimum absolute atomic E-state index is 0.0421. The van der Waals surface area contributed by atoms with Gasteiger partial charge in [0, 0.05) is 50.9 Å². The predicted octanol–water partition coefficient (Wildman–Crippen LogP) is 2.34. The average molecular weight is 438 g/mol. The van der Waals surface area contributed by atoms with Gasteiger partial charge in [-0.3, -0.25) is 14.5 Å². The highest BCUT2D eigenvalue weighted by atomic mass is 16.5. The van der Waals surface area contributed by atoms with Gasteiger partial charge in [-0.25, -0.2) is 0 Å². The molecule has 0 bridgehead atoms. The molecular formula is C25H31N3O4. The first kappa shape index (κ1) is 22.1. The molecule has 0 unspecified atom stereocenters. The molecule has 0 saturated carbocycles. The van der Waals surface area contributed by atoms with E-state index in [1.165, 1.54) is 0 Å². The summed E-state index contributed by atoms with van der Waals surface area (Å²) in [7, 11) is 6.82. The zero-order valence-corrected chi connectivity index (χ0v) is 19.2. The van der Waals surface area contributed by atoms with E-state index in [-0.39, 0.29) is 17.7 Å². The number of nitrogens with zero attached hydrogens (tertiary/aromatic N) is 2. The number of likely N-dealkylation sites (tertiary alicyclic amines) is 1. The lowest BCUT2D eigenvalue weighted by Gasteiger charge is -2.35. The van der Waals surface area contributed by atoms with E-state index < -0.39 is 5.54 Å². The summed E-state index contributed by atoms with van der Waals surface area (Å²) in [6, 6.07) is 13.5. The molecule has 2 heterocycles. The summed E-state index contributed by atoms with van der Waals surface area (Å²) in [5.74, 6) is 1.11. The molecule has 1 saturated heterocycles. The number of amides is 2. The standard InChI is InChI=1S/C25H31N3O4/c1-27(2)24(30)21-15-28(14-18-9-10-19(31-3)13-22(18)32-4)16-25(21)12-11-17-7-5-6-8-20(17)23(29)26-25/h5-10,13,21H,11-12,14-16H2,1-4H3,(H,26,29)/t21-,25+/m1/s1. The van der Waals surface area contributed by atoms with Crippen LogP contribution in [0.15, 0.2) is 42.5 Å². The second kappa shape index (κ2) is 8.82. The number of carbonyl (C=O) groups is 2. The lowest BCUT2D eigenvalue weighted by molar-refractivity contribution is -0.134. The summed E-state index contributed by atoms with van der Waals surface area (Å²) in [4.78, 5) is 30.2. The molecule has 7 heteroatoms. The van der Waals surface area contributed by atoms with Crippen LogP contribution in [0.25, 0.3) is 0 Å². The summed E-state index contributed by atoms with van der Waals surface area (Å²) in [6.07, 6.45) is 1.47. The third kappa shape index (κ3) is 4.05. The van der Waals surface area contributed by atoms with Gasteiger partial charge in [-0.2, -0.15) is 0 Å². The molecule has 0 aromatic heterocycles. The number of hydrogen-bond acceptors (Lipinski definition) is 5. The zero-order chi connectivity index (χ0) is 22.9. The first-order valence-corrected chi connectivity index (χ1v) is 10.9. The van der Waals surface area contributed by atoms with Crippen LogP contribution in [-0.2, 0) is 17.8 Å². The van der Waals surface area contributed by atoms with E-state index in [2.05, 4.69) is 10.2 Å². The Morgan fingerprint density at radius 1 is 1.19 bits per heavy atom. The van der Waals surface area contributed by atoms with E-state index in [9.17, 15) is 9.59 Å². The van der Waals surface area contributed by atoms with Gasteiger partial charge in [-0.15, -0.1) is 0 Å². The van der Waals surface area contributed by atoms with Gasteiger partial charge < -0.3 is 19.7 Å². The monoisotopic (exact) mass is 437 g/mol. The normalized spacial score (nSPS) is 22.8. The van der Waals surface area contributed by atoms with Crippen LogP contribution in [0, 0.1) is 5.92 Å². The second-order valence-corrected chi connectivity index (χ2v) is 8.90. The van der Waals surface area contributed by atoms with Gasteiger partial charge in [-0.05, 0) is 30.5 Å². The Hall–Kier alpha value is -3.06. The molecule has 4 rings (SSSR count). The van der Waals surface area contributed by atoms with Crippen molar-refractivity contribution in [3.05, 3.63) is 59.2 Å². The number of fused-ring (bicyclic) bond motifs is 1. The summed E-state index contributed by atoms with van der Waals surface area (Å²) in [5, 5.41) is 3.28. The van der Waals surface area contributed by atoms with Crippen molar-refractivity contribution in [2.45, 2.75) is 24.9 Å². The Morgan fingerprint density at radius 3 is 2.69 bits per heavy atom. The first-order chi connectivity index (χ1) is 15.4. The lowest BCUT2D eigenvalue weighted by Crippen LogP contribution is -2.57. The van der Waals surface area contributed by atoms with Gasteiger partial charge in [0.25, 0.3) is 5.91 Å². The number of nitrogens with one attached hydrogen (secondary N) is 1. The minimum atomic E-state index is -0.614. The molecule has 0 radical (unpaired) electrons. The van der Waals surface area contributed by atoms with E-state index in [0.717, 1.165) is 35.5 Å². The molecule has 2 aromatic rings. The molecule has 1 N–H and O–H groups in total. The van der Waals surface area contributed by atoms with Gasteiger partial charge in [0.2, 0.25) is 5.91 Å². The molecule has 0 aliphatic carbocycles. The summed E-state index contributed by atoms with van der Waals surface area (Å²) in [5.41, 5.74) is 2.14. The number of aryl methyl sites for hydroxylation is 1. The van der Waals surface area contributed by atoms with Crippen LogP contribution in [0.4, 0.5) is 0 Å². The first-order valence-electron chi connectivity index (χ1n) is 10.9. The van der Waals surface area contributed by atoms with Crippen molar-refractivity contribution in [3.8, 4) is 11.5 Å². The fourth-order valence-corrected chi connectivity index (χ4v) is 5.03. The lowest BCUT2D eigenvalue weighted by atomic mass is 9.81. The third-order valence-corrected chi connectivity index (χ3v) is 6.71. The van der Waals surface area contributed by atoms with E-state index in [4.69, 9.17) is 9.47 Å². The molecule has 2 atom stereocenters. The van der Waals surface area contributed by atoms with Crippen LogP contribution in [0.1, 0.15) is 27.9 Å². The van der Waals surface area contributed by atoms with Gasteiger partial charge in [0.1, 0.15) is 11.5 Å². The van der Waals surface area contributed by atoms with Crippen molar-refractivity contribution >= 4 is 11.8 Å². The van der Waals surface area contributed by atoms with Crippen LogP contribution in [-0.4, -0.2) is 68.6 Å². The minimum Gasteiger partial charge on any atom is -0.497 e. The number of rotatable bonds is 5. The van der Waals surface area contributed by atoms with E-state index >= 15 is 0 Å². The quantitative estimate of drug-likeness (QED) is 0.778. The molecule has 2 aliphatic heterocycles.